The molecule has 0 radical (unpaired) electrons. The van der Waals surface area contributed by atoms with E-state index in [0.717, 1.165) is 51.1 Å². The van der Waals surface area contributed by atoms with Gasteiger partial charge in [0.1, 0.15) is 5.03 Å². The van der Waals surface area contributed by atoms with E-state index in [1.807, 2.05) is 26.0 Å². The summed E-state index contributed by atoms with van der Waals surface area (Å²) in [6, 6.07) is 3.75. The average molecular weight is 429 g/mol. The lowest BCUT2D eigenvalue weighted by molar-refractivity contribution is -0.116. The van der Waals surface area contributed by atoms with E-state index < -0.39 is 0 Å². The van der Waals surface area contributed by atoms with Crippen LogP contribution in [0.1, 0.15) is 33.6 Å². The van der Waals surface area contributed by atoms with Crippen LogP contribution in [0, 0.1) is 0 Å². The maximum Gasteiger partial charge on any atom is 0.247 e. The van der Waals surface area contributed by atoms with Crippen LogP contribution in [-0.2, 0) is 4.79 Å². The molecule has 152 valence electrons. The van der Waals surface area contributed by atoms with Crippen molar-refractivity contribution in [1.82, 2.24) is 15.6 Å². The van der Waals surface area contributed by atoms with Gasteiger partial charge in [0.25, 0.3) is 0 Å². The van der Waals surface area contributed by atoms with Crippen molar-refractivity contribution in [2.75, 3.05) is 13.1 Å². The van der Waals surface area contributed by atoms with Gasteiger partial charge < -0.3 is 10.6 Å². The van der Waals surface area contributed by atoms with Crippen LogP contribution >= 0.6 is 23.4 Å². The summed E-state index contributed by atoms with van der Waals surface area (Å²) in [5.41, 5.74) is 3.90. The molecule has 0 saturated heterocycles. The fraction of sp³-hybridized carbons (Fsp3) is 0.318. The fourth-order valence-corrected chi connectivity index (χ4v) is 4.23. The Morgan fingerprint density at radius 1 is 1.38 bits per heavy atom. The molecular formula is C22H25ClN4OS. The second-order valence-corrected chi connectivity index (χ2v) is 8.31. The fourth-order valence-electron chi connectivity index (χ4n) is 3.17. The number of carbonyl (C=O) groups excluding carboxylic acids is 1. The van der Waals surface area contributed by atoms with E-state index in [4.69, 9.17) is 11.6 Å². The second-order valence-electron chi connectivity index (χ2n) is 6.81. The maximum atomic E-state index is 12.0. The summed E-state index contributed by atoms with van der Waals surface area (Å²) in [6.07, 6.45) is 9.58. The molecule has 0 bridgehead atoms. The van der Waals surface area contributed by atoms with Crippen LogP contribution in [-0.4, -0.2) is 29.8 Å². The number of nitrogens with one attached hydrogen (secondary N) is 2. The molecule has 0 unspecified atom stereocenters. The first-order chi connectivity index (χ1) is 14.0. The van der Waals surface area contributed by atoms with E-state index in [-0.39, 0.29) is 5.91 Å². The molecule has 1 aromatic heterocycles. The van der Waals surface area contributed by atoms with Crippen molar-refractivity contribution in [1.29, 1.82) is 0 Å². The van der Waals surface area contributed by atoms with Crippen molar-refractivity contribution >= 4 is 35.1 Å². The maximum absolute atomic E-state index is 12.0. The largest absolute Gasteiger partial charge is 0.348 e. The number of hydrogen-bond donors (Lipinski definition) is 2. The second kappa shape index (κ2) is 9.94. The van der Waals surface area contributed by atoms with Crippen molar-refractivity contribution in [3.63, 3.8) is 0 Å². The van der Waals surface area contributed by atoms with Crippen molar-refractivity contribution in [2.24, 2.45) is 4.99 Å². The van der Waals surface area contributed by atoms with Gasteiger partial charge in [-0.2, -0.15) is 0 Å². The molecule has 2 N–H and O–H groups in total. The Bertz CT molecular complexity index is 942. The first-order valence-corrected chi connectivity index (χ1v) is 10.8. The predicted molar refractivity (Wildman–Crippen MR) is 121 cm³/mol. The topological polar surface area (TPSA) is 66.4 Å². The van der Waals surface area contributed by atoms with Gasteiger partial charge >= 0.3 is 0 Å². The smallest absolute Gasteiger partial charge is 0.247 e. The minimum atomic E-state index is 0.0283. The summed E-state index contributed by atoms with van der Waals surface area (Å²) in [5, 5.41) is 7.86. The number of pyridine rings is 1. The van der Waals surface area contributed by atoms with Crippen LogP contribution < -0.4 is 10.6 Å². The number of nitrogens with zero attached hydrogens (tertiary/aromatic N) is 2. The highest BCUT2D eigenvalue weighted by molar-refractivity contribution is 8.03. The first-order valence-electron chi connectivity index (χ1n) is 9.65. The van der Waals surface area contributed by atoms with Crippen LogP contribution in [0.5, 0.6) is 0 Å². The summed E-state index contributed by atoms with van der Waals surface area (Å²) in [6.45, 7) is 7.34. The molecule has 1 aromatic rings. The summed E-state index contributed by atoms with van der Waals surface area (Å²) in [7, 11) is 0. The van der Waals surface area contributed by atoms with E-state index in [0.29, 0.717) is 18.0 Å². The Hall–Kier alpha value is -2.31. The molecule has 0 aromatic carbocycles. The molecule has 2 aliphatic heterocycles. The van der Waals surface area contributed by atoms with E-state index in [1.165, 1.54) is 0 Å². The van der Waals surface area contributed by atoms with Gasteiger partial charge in [0.05, 0.1) is 16.6 Å². The zero-order chi connectivity index (χ0) is 20.8. The number of aromatic nitrogens is 1. The third-order valence-electron chi connectivity index (χ3n) is 4.62. The molecule has 29 heavy (non-hydrogen) atoms. The SMILES string of the molecule is CCC1=C(/C=C(C)/C2=C(Sc3ccc(Cl)cn3)/C=C/CCN=C(C)N2)CNC1=O. The number of rotatable bonds is 5. The van der Waals surface area contributed by atoms with E-state index in [9.17, 15) is 4.79 Å². The number of amidine groups is 1. The Morgan fingerprint density at radius 2 is 2.21 bits per heavy atom. The molecule has 3 rings (SSSR count). The third-order valence-corrected chi connectivity index (χ3v) is 5.86. The number of carbonyl (C=O) groups is 1. The number of halogens is 1. The molecule has 0 spiro atoms. The van der Waals surface area contributed by atoms with Crippen molar-refractivity contribution in [2.45, 2.75) is 38.6 Å². The number of thioether (sulfide) groups is 1. The number of aliphatic imine (C=N–C) groups is 1. The summed E-state index contributed by atoms with van der Waals surface area (Å²) in [5.74, 6) is 0.893. The molecule has 0 aliphatic carbocycles. The Balaban J connectivity index is 2.05. The number of hydrogen-bond acceptors (Lipinski definition) is 5. The van der Waals surface area contributed by atoms with Crippen LogP contribution in [0.15, 0.2) is 73.9 Å². The monoisotopic (exact) mass is 428 g/mol. The molecule has 2 aliphatic rings. The summed E-state index contributed by atoms with van der Waals surface area (Å²) >= 11 is 7.56. The molecule has 3 heterocycles. The van der Waals surface area contributed by atoms with Gasteiger partial charge in [0, 0.05) is 29.8 Å². The van der Waals surface area contributed by atoms with Gasteiger partial charge in [-0.3, -0.25) is 9.79 Å². The minimum absolute atomic E-state index is 0.0283. The van der Waals surface area contributed by atoms with Crippen molar-refractivity contribution in [3.05, 3.63) is 68.9 Å². The van der Waals surface area contributed by atoms with E-state index in [1.54, 1.807) is 18.0 Å². The molecule has 7 heteroatoms. The highest BCUT2D eigenvalue weighted by Gasteiger charge is 2.20. The van der Waals surface area contributed by atoms with Gasteiger partial charge in [-0.15, -0.1) is 0 Å². The number of amides is 1. The Labute approximate surface area is 181 Å². The van der Waals surface area contributed by atoms with Gasteiger partial charge in [0.15, 0.2) is 0 Å². The highest BCUT2D eigenvalue weighted by Crippen LogP contribution is 2.32. The zero-order valence-electron chi connectivity index (χ0n) is 16.9. The Morgan fingerprint density at radius 3 is 2.93 bits per heavy atom. The van der Waals surface area contributed by atoms with E-state index in [2.05, 4.69) is 45.8 Å². The average Bonchev–Trinajstić information content (AvgIpc) is 3.08. The zero-order valence-corrected chi connectivity index (χ0v) is 18.5. The van der Waals surface area contributed by atoms with Crippen LogP contribution in [0.4, 0.5) is 0 Å². The van der Waals surface area contributed by atoms with Crippen LogP contribution in [0.25, 0.3) is 0 Å². The minimum Gasteiger partial charge on any atom is -0.348 e. The third kappa shape index (κ3) is 5.61. The molecule has 0 atom stereocenters. The van der Waals surface area contributed by atoms with Gasteiger partial charge in [-0.05, 0) is 56.0 Å². The summed E-state index contributed by atoms with van der Waals surface area (Å²) < 4.78 is 0. The standard InChI is InChI=1S/C22H25ClN4OS/c1-4-18-16(12-26-22(18)28)11-14(2)21-19(7-5-6-10-24-15(3)27-21)29-20-9-8-17(23)13-25-20/h5,7-9,11,13H,4,6,10,12H2,1-3H3,(H,24,27)(H,26,28)/b7-5+,14-11+,21-19+. The lowest BCUT2D eigenvalue weighted by atomic mass is 10.0. The Kier molecular flexibility index (Phi) is 7.34. The van der Waals surface area contributed by atoms with Crippen LogP contribution in [0.2, 0.25) is 5.02 Å². The number of allylic oxidation sites excluding steroid dienone is 2. The lowest BCUT2D eigenvalue weighted by Gasteiger charge is -2.16. The lowest BCUT2D eigenvalue weighted by Crippen LogP contribution is -2.22. The van der Waals surface area contributed by atoms with Crippen molar-refractivity contribution < 1.29 is 4.79 Å². The van der Waals surface area contributed by atoms with Crippen LogP contribution in [0.3, 0.4) is 0 Å². The first kappa shape index (κ1) is 21.4. The van der Waals surface area contributed by atoms with Gasteiger partial charge in [-0.1, -0.05) is 42.4 Å². The molecular weight excluding hydrogens is 404 g/mol. The highest BCUT2D eigenvalue weighted by atomic mass is 35.5. The quantitative estimate of drug-likeness (QED) is 0.707. The molecule has 0 saturated carbocycles. The molecule has 5 nitrogen and oxygen atoms in total. The van der Waals surface area contributed by atoms with Gasteiger partial charge in [-0.25, -0.2) is 4.98 Å². The predicted octanol–water partition coefficient (Wildman–Crippen LogP) is 4.79. The van der Waals surface area contributed by atoms with Gasteiger partial charge in [0.2, 0.25) is 5.91 Å². The summed E-state index contributed by atoms with van der Waals surface area (Å²) in [4.78, 5) is 22.1. The molecule has 0 fully saturated rings. The molecule has 1 amide bonds. The van der Waals surface area contributed by atoms with Crippen molar-refractivity contribution in [3.8, 4) is 0 Å². The normalized spacial score (nSPS) is 21.7. The van der Waals surface area contributed by atoms with E-state index >= 15 is 0 Å².